The highest BCUT2D eigenvalue weighted by atomic mass is 16.5. The molecule has 2 heterocycles. The van der Waals surface area contributed by atoms with E-state index in [4.69, 9.17) is 10.5 Å². The lowest BCUT2D eigenvalue weighted by molar-refractivity contribution is 0.0676. The highest BCUT2D eigenvalue weighted by Crippen LogP contribution is 2.16. The Labute approximate surface area is 107 Å². The molecule has 0 spiro atoms. The Balaban J connectivity index is 2.32. The molecule has 0 saturated carbocycles. The van der Waals surface area contributed by atoms with Crippen molar-refractivity contribution in [3.63, 3.8) is 0 Å². The summed E-state index contributed by atoms with van der Waals surface area (Å²) in [5.74, 6) is 1.02. The minimum absolute atomic E-state index is 0.0325. The van der Waals surface area contributed by atoms with Gasteiger partial charge in [0.15, 0.2) is 0 Å². The molecule has 0 aliphatic heterocycles. The van der Waals surface area contributed by atoms with Crippen molar-refractivity contribution in [3.8, 4) is 0 Å². The zero-order chi connectivity index (χ0) is 13.0. The molecule has 0 aromatic carbocycles. The zero-order valence-electron chi connectivity index (χ0n) is 11.0. The number of hydrogen-bond donors (Lipinski definition) is 1. The Morgan fingerprint density at radius 2 is 2.28 bits per heavy atom. The third kappa shape index (κ3) is 2.52. The minimum Gasteiger partial charge on any atom is -0.377 e. The average molecular weight is 248 g/mol. The molecule has 2 N–H and O–H groups in total. The van der Waals surface area contributed by atoms with Gasteiger partial charge in [0.05, 0.1) is 17.8 Å². The maximum atomic E-state index is 5.72. The van der Waals surface area contributed by atoms with Gasteiger partial charge in [0.1, 0.15) is 11.3 Å². The van der Waals surface area contributed by atoms with Crippen molar-refractivity contribution >= 4 is 11.0 Å². The number of aryl methyl sites for hydroxylation is 1. The molecule has 1 atom stereocenters. The van der Waals surface area contributed by atoms with Gasteiger partial charge in [0.25, 0.3) is 0 Å². The molecule has 5 nitrogen and oxygen atoms in total. The molecular weight excluding hydrogens is 228 g/mol. The van der Waals surface area contributed by atoms with Crippen molar-refractivity contribution in [3.05, 3.63) is 24.3 Å². The van der Waals surface area contributed by atoms with Crippen molar-refractivity contribution in [1.29, 1.82) is 0 Å². The van der Waals surface area contributed by atoms with E-state index in [0.717, 1.165) is 29.8 Å². The summed E-state index contributed by atoms with van der Waals surface area (Å²) in [5.41, 5.74) is 7.77. The smallest absolute Gasteiger partial charge is 0.112 e. The normalized spacial score (nSPS) is 13.1. The van der Waals surface area contributed by atoms with E-state index < -0.39 is 0 Å². The molecule has 18 heavy (non-hydrogen) atoms. The molecule has 2 rings (SSSR count). The van der Waals surface area contributed by atoms with Gasteiger partial charge in [-0.15, -0.1) is 0 Å². The lowest BCUT2D eigenvalue weighted by Crippen LogP contribution is -2.27. The Bertz CT molecular complexity index is 509. The van der Waals surface area contributed by atoms with E-state index in [1.165, 1.54) is 0 Å². The molecule has 0 fully saturated rings. The molecule has 1 unspecified atom stereocenters. The second kappa shape index (κ2) is 5.93. The van der Waals surface area contributed by atoms with E-state index in [-0.39, 0.29) is 6.10 Å². The van der Waals surface area contributed by atoms with Crippen LogP contribution in [0.4, 0.5) is 0 Å². The quantitative estimate of drug-likeness (QED) is 0.838. The second-order valence-corrected chi connectivity index (χ2v) is 4.15. The molecule has 0 aliphatic rings. The number of hydrogen-bond acceptors (Lipinski definition) is 4. The zero-order valence-corrected chi connectivity index (χ0v) is 11.0. The number of nitrogens with zero attached hydrogens (tertiary/aromatic N) is 3. The lowest BCUT2D eigenvalue weighted by atomic mass is 10.2. The maximum Gasteiger partial charge on any atom is 0.112 e. The van der Waals surface area contributed by atoms with E-state index >= 15 is 0 Å². The molecule has 0 saturated heterocycles. The van der Waals surface area contributed by atoms with Crippen molar-refractivity contribution in [2.75, 3.05) is 13.2 Å². The van der Waals surface area contributed by atoms with Crippen LogP contribution < -0.4 is 5.73 Å². The summed E-state index contributed by atoms with van der Waals surface area (Å²) in [5, 5.41) is 0. The van der Waals surface area contributed by atoms with Crippen LogP contribution in [0.2, 0.25) is 0 Å². The summed E-state index contributed by atoms with van der Waals surface area (Å²) in [6.45, 7) is 6.17. The maximum absolute atomic E-state index is 5.72. The van der Waals surface area contributed by atoms with Crippen molar-refractivity contribution in [1.82, 2.24) is 14.5 Å². The molecule has 98 valence electrons. The first kappa shape index (κ1) is 13.0. The summed E-state index contributed by atoms with van der Waals surface area (Å²) in [6.07, 6.45) is 4.36. The van der Waals surface area contributed by atoms with Crippen LogP contribution in [0.5, 0.6) is 0 Å². The van der Waals surface area contributed by atoms with Gasteiger partial charge in [-0.1, -0.05) is 0 Å². The molecule has 0 bridgehead atoms. The summed E-state index contributed by atoms with van der Waals surface area (Å²) >= 11 is 0. The predicted molar refractivity (Wildman–Crippen MR) is 71.4 cm³/mol. The van der Waals surface area contributed by atoms with Crippen LogP contribution in [-0.2, 0) is 17.7 Å². The highest BCUT2D eigenvalue weighted by molar-refractivity contribution is 5.74. The fraction of sp³-hybridized carbons (Fsp3) is 0.538. The Kier molecular flexibility index (Phi) is 4.28. The summed E-state index contributed by atoms with van der Waals surface area (Å²) in [4.78, 5) is 8.72. The van der Waals surface area contributed by atoms with Gasteiger partial charge in [-0.2, -0.15) is 0 Å². The van der Waals surface area contributed by atoms with Gasteiger partial charge in [-0.3, -0.25) is 4.98 Å². The number of nitrogens with two attached hydrogens (primary N) is 1. The number of rotatable bonds is 6. The van der Waals surface area contributed by atoms with Crippen molar-refractivity contribution < 1.29 is 4.74 Å². The monoisotopic (exact) mass is 248 g/mol. The van der Waals surface area contributed by atoms with Crippen LogP contribution >= 0.6 is 0 Å². The minimum atomic E-state index is 0.0325. The Hall–Kier alpha value is -1.46. The summed E-state index contributed by atoms with van der Waals surface area (Å²) in [6, 6.07) is 1.99. The van der Waals surface area contributed by atoms with Crippen LogP contribution in [0.25, 0.3) is 11.0 Å². The third-order valence-corrected chi connectivity index (χ3v) is 3.02. The third-order valence-electron chi connectivity index (χ3n) is 3.02. The topological polar surface area (TPSA) is 66.0 Å². The Morgan fingerprint density at radius 3 is 2.94 bits per heavy atom. The van der Waals surface area contributed by atoms with Crippen LogP contribution in [0.15, 0.2) is 18.5 Å². The molecule has 0 radical (unpaired) electrons. The number of aromatic nitrogens is 3. The largest absolute Gasteiger partial charge is 0.377 e. The van der Waals surface area contributed by atoms with E-state index in [9.17, 15) is 0 Å². The van der Waals surface area contributed by atoms with Crippen LogP contribution in [0.1, 0.15) is 19.7 Å². The van der Waals surface area contributed by atoms with Crippen LogP contribution in [-0.4, -0.2) is 33.8 Å². The predicted octanol–water partition coefficient (Wildman–Crippen LogP) is 1.36. The van der Waals surface area contributed by atoms with Gasteiger partial charge >= 0.3 is 0 Å². The van der Waals surface area contributed by atoms with Crippen molar-refractivity contribution in [2.24, 2.45) is 5.73 Å². The molecule has 5 heteroatoms. The van der Waals surface area contributed by atoms with Gasteiger partial charge in [0.2, 0.25) is 0 Å². The Morgan fingerprint density at radius 1 is 1.44 bits per heavy atom. The molecule has 0 aliphatic carbocycles. The van der Waals surface area contributed by atoms with E-state index in [2.05, 4.69) is 21.5 Å². The first-order valence-corrected chi connectivity index (χ1v) is 6.40. The number of pyridine rings is 1. The first-order chi connectivity index (χ1) is 8.80. The second-order valence-electron chi connectivity index (χ2n) is 4.15. The van der Waals surface area contributed by atoms with Gasteiger partial charge < -0.3 is 15.0 Å². The molecule has 2 aromatic heterocycles. The fourth-order valence-electron chi connectivity index (χ4n) is 2.19. The number of imidazole rings is 1. The van der Waals surface area contributed by atoms with Gasteiger partial charge in [-0.25, -0.2) is 4.98 Å². The fourth-order valence-corrected chi connectivity index (χ4v) is 2.19. The summed E-state index contributed by atoms with van der Waals surface area (Å²) in [7, 11) is 0. The van der Waals surface area contributed by atoms with E-state index in [0.29, 0.717) is 13.2 Å². The van der Waals surface area contributed by atoms with Crippen LogP contribution in [0.3, 0.4) is 0 Å². The molecule has 0 amide bonds. The van der Waals surface area contributed by atoms with Crippen molar-refractivity contribution in [2.45, 2.75) is 32.9 Å². The van der Waals surface area contributed by atoms with E-state index in [1.807, 2.05) is 13.0 Å². The number of ether oxygens (including phenoxy) is 1. The first-order valence-electron chi connectivity index (χ1n) is 6.40. The number of fused-ring (bicyclic) bond motifs is 1. The lowest BCUT2D eigenvalue weighted by Gasteiger charge is -2.15. The van der Waals surface area contributed by atoms with Gasteiger partial charge in [-0.05, 0) is 19.9 Å². The molecular formula is C13H20N4O. The van der Waals surface area contributed by atoms with Crippen LogP contribution in [0, 0.1) is 0 Å². The van der Waals surface area contributed by atoms with Gasteiger partial charge in [0, 0.05) is 32.3 Å². The summed E-state index contributed by atoms with van der Waals surface area (Å²) < 4.78 is 7.79. The standard InChI is InChI=1S/C13H20N4O/c1-3-17-12-5-6-15-9-11(12)16-13(17)7-10(8-14)18-4-2/h5-6,9-10H,3-4,7-8,14H2,1-2H3. The average Bonchev–Trinajstić information content (AvgIpc) is 2.75. The van der Waals surface area contributed by atoms with E-state index in [1.54, 1.807) is 12.4 Å². The molecule has 2 aromatic rings. The SMILES string of the molecule is CCOC(CN)Cc1nc2cnccc2n1CC. The highest BCUT2D eigenvalue weighted by Gasteiger charge is 2.14.